The predicted molar refractivity (Wildman–Crippen MR) is 75.3 cm³/mol. The van der Waals surface area contributed by atoms with Crippen molar-refractivity contribution in [2.45, 2.75) is 6.42 Å². The SMILES string of the molecule is COc1cc(C(=O)O)ccc1N1CC(CS(=O)(=O)F)CC1=O. The Morgan fingerprint density at radius 3 is 2.73 bits per heavy atom. The number of carbonyl (C=O) groups is 2. The van der Waals surface area contributed by atoms with Crippen molar-refractivity contribution in [3.8, 4) is 5.75 Å². The van der Waals surface area contributed by atoms with E-state index in [4.69, 9.17) is 9.84 Å². The summed E-state index contributed by atoms with van der Waals surface area (Å²) in [5, 5.41) is 8.94. The Hall–Kier alpha value is -2.16. The zero-order valence-electron chi connectivity index (χ0n) is 11.7. The van der Waals surface area contributed by atoms with Crippen LogP contribution in [-0.2, 0) is 15.0 Å². The molecule has 0 spiro atoms. The molecule has 0 aromatic heterocycles. The van der Waals surface area contributed by atoms with E-state index < -0.39 is 27.9 Å². The number of aromatic carboxylic acids is 1. The van der Waals surface area contributed by atoms with Crippen LogP contribution in [0.5, 0.6) is 5.75 Å². The lowest BCUT2D eigenvalue weighted by molar-refractivity contribution is -0.117. The quantitative estimate of drug-likeness (QED) is 0.809. The highest BCUT2D eigenvalue weighted by molar-refractivity contribution is 7.86. The van der Waals surface area contributed by atoms with Crippen molar-refractivity contribution in [3.63, 3.8) is 0 Å². The van der Waals surface area contributed by atoms with Crippen molar-refractivity contribution >= 4 is 27.8 Å². The number of hydrogen-bond donors (Lipinski definition) is 1. The molecule has 1 aromatic carbocycles. The van der Waals surface area contributed by atoms with Gasteiger partial charge in [-0.15, -0.1) is 3.89 Å². The third-order valence-corrected chi connectivity index (χ3v) is 4.23. The van der Waals surface area contributed by atoms with Crippen LogP contribution in [0, 0.1) is 5.92 Å². The van der Waals surface area contributed by atoms with Gasteiger partial charge in [-0.1, -0.05) is 0 Å². The molecule has 0 bridgehead atoms. The van der Waals surface area contributed by atoms with Crippen LogP contribution >= 0.6 is 0 Å². The number of halogens is 1. The molecule has 1 N–H and O–H groups in total. The lowest BCUT2D eigenvalue weighted by Crippen LogP contribution is -2.26. The highest BCUT2D eigenvalue weighted by Crippen LogP contribution is 2.34. The van der Waals surface area contributed by atoms with Gasteiger partial charge >= 0.3 is 16.2 Å². The van der Waals surface area contributed by atoms with Gasteiger partial charge in [-0.3, -0.25) is 4.79 Å². The van der Waals surface area contributed by atoms with Gasteiger partial charge in [0.1, 0.15) is 5.75 Å². The Morgan fingerprint density at radius 1 is 1.50 bits per heavy atom. The van der Waals surface area contributed by atoms with E-state index in [1.54, 1.807) is 0 Å². The van der Waals surface area contributed by atoms with Crippen molar-refractivity contribution in [2.24, 2.45) is 5.92 Å². The molecule has 1 fully saturated rings. The minimum Gasteiger partial charge on any atom is -0.495 e. The van der Waals surface area contributed by atoms with Gasteiger partial charge < -0.3 is 14.7 Å². The molecule has 1 heterocycles. The third-order valence-electron chi connectivity index (χ3n) is 3.36. The zero-order valence-corrected chi connectivity index (χ0v) is 12.5. The second-order valence-electron chi connectivity index (χ2n) is 4.97. The molecular formula is C13H14FNO6S. The first kappa shape index (κ1) is 16.2. The molecule has 7 nitrogen and oxygen atoms in total. The van der Waals surface area contributed by atoms with Crippen molar-refractivity contribution < 1.29 is 31.7 Å². The number of rotatable bonds is 5. The van der Waals surface area contributed by atoms with Crippen molar-refractivity contribution in [1.29, 1.82) is 0 Å². The van der Waals surface area contributed by atoms with Crippen molar-refractivity contribution in [1.82, 2.24) is 0 Å². The van der Waals surface area contributed by atoms with Gasteiger partial charge in [0.05, 0.1) is 24.1 Å². The molecule has 1 aromatic rings. The average Bonchev–Trinajstić information content (AvgIpc) is 2.76. The van der Waals surface area contributed by atoms with E-state index in [1.807, 2.05) is 0 Å². The Morgan fingerprint density at radius 2 is 2.18 bits per heavy atom. The standard InChI is InChI=1S/C13H14FNO6S/c1-21-11-5-9(13(17)18)2-3-10(11)15-6-8(4-12(15)16)7-22(14,19)20/h2-3,5,8H,4,6-7H2,1H3,(H,17,18). The fourth-order valence-electron chi connectivity index (χ4n) is 2.44. The molecule has 0 aliphatic carbocycles. The van der Waals surface area contributed by atoms with Gasteiger partial charge in [0.2, 0.25) is 5.91 Å². The van der Waals surface area contributed by atoms with Gasteiger partial charge in [-0.05, 0) is 18.2 Å². The van der Waals surface area contributed by atoms with Crippen LogP contribution in [0.3, 0.4) is 0 Å². The summed E-state index contributed by atoms with van der Waals surface area (Å²) in [6.45, 7) is 0.0325. The van der Waals surface area contributed by atoms with Crippen LogP contribution in [0.15, 0.2) is 18.2 Å². The van der Waals surface area contributed by atoms with E-state index in [2.05, 4.69) is 0 Å². The summed E-state index contributed by atoms with van der Waals surface area (Å²) >= 11 is 0. The Bertz CT molecular complexity index is 717. The molecule has 1 saturated heterocycles. The van der Waals surface area contributed by atoms with E-state index in [0.29, 0.717) is 5.69 Å². The number of ether oxygens (including phenoxy) is 1. The smallest absolute Gasteiger partial charge is 0.335 e. The van der Waals surface area contributed by atoms with Crippen LogP contribution in [-0.4, -0.2) is 44.8 Å². The number of carbonyl (C=O) groups excluding carboxylic acids is 1. The van der Waals surface area contributed by atoms with Crippen molar-refractivity contribution in [2.75, 3.05) is 24.3 Å². The molecule has 0 radical (unpaired) electrons. The van der Waals surface area contributed by atoms with Crippen LogP contribution in [0.25, 0.3) is 0 Å². The van der Waals surface area contributed by atoms with E-state index in [1.165, 1.54) is 30.2 Å². The molecule has 2 rings (SSSR count). The van der Waals surface area contributed by atoms with Gasteiger partial charge in [-0.2, -0.15) is 8.42 Å². The lowest BCUT2D eigenvalue weighted by Gasteiger charge is -2.19. The molecule has 1 unspecified atom stereocenters. The minimum absolute atomic E-state index is 0.00451. The predicted octanol–water partition coefficient (Wildman–Crippen LogP) is 1.05. The number of methoxy groups -OCH3 is 1. The second-order valence-corrected chi connectivity index (χ2v) is 6.38. The molecule has 1 atom stereocenters. The number of hydrogen-bond acceptors (Lipinski definition) is 5. The molecule has 0 saturated carbocycles. The highest BCUT2D eigenvalue weighted by atomic mass is 32.3. The van der Waals surface area contributed by atoms with E-state index in [0.717, 1.165) is 0 Å². The summed E-state index contributed by atoms with van der Waals surface area (Å²) < 4.78 is 39.2. The monoisotopic (exact) mass is 331 g/mol. The van der Waals surface area contributed by atoms with Crippen LogP contribution in [0.4, 0.5) is 9.57 Å². The molecular weight excluding hydrogens is 317 g/mol. The van der Waals surface area contributed by atoms with Gasteiger partial charge in [0, 0.05) is 18.9 Å². The zero-order chi connectivity index (χ0) is 16.5. The molecule has 120 valence electrons. The Balaban J connectivity index is 2.28. The Kier molecular flexibility index (Phi) is 4.36. The number of amides is 1. The van der Waals surface area contributed by atoms with E-state index in [-0.39, 0.29) is 30.2 Å². The summed E-state index contributed by atoms with van der Waals surface area (Å²) in [5.74, 6) is -2.69. The normalized spacial score (nSPS) is 18.5. The summed E-state index contributed by atoms with van der Waals surface area (Å²) in [7, 11) is -3.33. The first-order valence-electron chi connectivity index (χ1n) is 6.35. The molecule has 1 aliphatic heterocycles. The molecule has 22 heavy (non-hydrogen) atoms. The first-order valence-corrected chi connectivity index (χ1v) is 7.90. The Labute approximate surface area is 126 Å². The van der Waals surface area contributed by atoms with Crippen LogP contribution < -0.4 is 9.64 Å². The lowest BCUT2D eigenvalue weighted by atomic mass is 10.1. The van der Waals surface area contributed by atoms with Gasteiger partial charge in [-0.25, -0.2) is 4.79 Å². The van der Waals surface area contributed by atoms with Gasteiger partial charge in [0.15, 0.2) is 0 Å². The maximum Gasteiger partial charge on any atom is 0.335 e. The number of carboxylic acid groups (broad SMARTS) is 1. The maximum absolute atomic E-state index is 12.7. The molecule has 1 aliphatic rings. The van der Waals surface area contributed by atoms with Crippen LogP contribution in [0.2, 0.25) is 0 Å². The van der Waals surface area contributed by atoms with E-state index >= 15 is 0 Å². The topological polar surface area (TPSA) is 101 Å². The number of nitrogens with zero attached hydrogens (tertiary/aromatic N) is 1. The second kappa shape index (κ2) is 5.91. The summed E-state index contributed by atoms with van der Waals surface area (Å²) in [5.41, 5.74) is 0.325. The summed E-state index contributed by atoms with van der Waals surface area (Å²) in [6, 6.07) is 3.99. The van der Waals surface area contributed by atoms with E-state index in [9.17, 15) is 21.9 Å². The number of anilines is 1. The van der Waals surface area contributed by atoms with Crippen LogP contribution in [0.1, 0.15) is 16.8 Å². The highest BCUT2D eigenvalue weighted by Gasteiger charge is 2.35. The first-order chi connectivity index (χ1) is 10.2. The van der Waals surface area contributed by atoms with Crippen molar-refractivity contribution in [3.05, 3.63) is 23.8 Å². The summed E-state index contributed by atoms with van der Waals surface area (Å²) in [6.07, 6.45) is -0.0903. The largest absolute Gasteiger partial charge is 0.495 e. The average molecular weight is 331 g/mol. The maximum atomic E-state index is 12.7. The molecule has 1 amide bonds. The number of carboxylic acids is 1. The molecule has 9 heteroatoms. The fraction of sp³-hybridized carbons (Fsp3) is 0.385. The fourth-order valence-corrected chi connectivity index (χ4v) is 3.23. The third kappa shape index (κ3) is 3.53. The number of benzene rings is 1. The minimum atomic E-state index is -4.66. The van der Waals surface area contributed by atoms with Gasteiger partial charge in [0.25, 0.3) is 0 Å². The summed E-state index contributed by atoms with van der Waals surface area (Å²) in [4.78, 5) is 24.2.